The first-order chi connectivity index (χ1) is 6.31. The molecule has 0 unspecified atom stereocenters. The van der Waals surface area contributed by atoms with Crippen molar-refractivity contribution in [3.8, 4) is 0 Å². The molecule has 1 fully saturated rings. The first-order valence-electron chi connectivity index (χ1n) is 4.30. The standard InChI is InChI=1S/C9H11N2OS/c12-11(5-7-13-8-6-11)9-3-1-2-4-10-9/h1,3-4H,5-8H2. The van der Waals surface area contributed by atoms with E-state index >= 15 is 0 Å². The fourth-order valence-electron chi connectivity index (χ4n) is 1.42. The molecule has 4 heteroatoms. The highest BCUT2D eigenvalue weighted by Crippen LogP contribution is 2.23. The van der Waals surface area contributed by atoms with E-state index in [0.717, 1.165) is 11.5 Å². The van der Waals surface area contributed by atoms with Crippen LogP contribution in [0.1, 0.15) is 0 Å². The largest absolute Gasteiger partial charge is 0.626 e. The summed E-state index contributed by atoms with van der Waals surface area (Å²) < 4.78 is -0.262. The molecular formula is C9H11N2OS. The highest BCUT2D eigenvalue weighted by atomic mass is 32.2. The fraction of sp³-hybridized carbons (Fsp3) is 0.444. The summed E-state index contributed by atoms with van der Waals surface area (Å²) in [4.78, 5) is 4.07. The van der Waals surface area contributed by atoms with Gasteiger partial charge in [-0.05, 0) is 6.07 Å². The third-order valence-electron chi connectivity index (χ3n) is 2.21. The lowest BCUT2D eigenvalue weighted by atomic mass is 10.4. The number of pyridine rings is 1. The van der Waals surface area contributed by atoms with Gasteiger partial charge < -0.3 is 9.85 Å². The molecule has 1 radical (unpaired) electrons. The first-order valence-corrected chi connectivity index (χ1v) is 5.45. The minimum absolute atomic E-state index is 0.262. The Kier molecular flexibility index (Phi) is 2.53. The maximum Gasteiger partial charge on any atom is 0.227 e. The third-order valence-corrected chi connectivity index (χ3v) is 3.15. The van der Waals surface area contributed by atoms with E-state index < -0.39 is 0 Å². The molecular weight excluding hydrogens is 184 g/mol. The van der Waals surface area contributed by atoms with Crippen molar-refractivity contribution in [3.63, 3.8) is 0 Å². The Labute approximate surface area is 81.9 Å². The van der Waals surface area contributed by atoms with E-state index in [4.69, 9.17) is 0 Å². The van der Waals surface area contributed by atoms with E-state index in [1.807, 2.05) is 11.8 Å². The Morgan fingerprint density at radius 1 is 1.46 bits per heavy atom. The van der Waals surface area contributed by atoms with Gasteiger partial charge in [0.2, 0.25) is 5.82 Å². The summed E-state index contributed by atoms with van der Waals surface area (Å²) in [5.74, 6) is 2.49. The summed E-state index contributed by atoms with van der Waals surface area (Å²) in [5, 5.41) is 12.2. The van der Waals surface area contributed by atoms with Gasteiger partial charge in [0, 0.05) is 29.8 Å². The summed E-state index contributed by atoms with van der Waals surface area (Å²) >= 11 is 1.84. The molecule has 69 valence electrons. The van der Waals surface area contributed by atoms with Crippen LogP contribution in [0.3, 0.4) is 0 Å². The van der Waals surface area contributed by atoms with Gasteiger partial charge in [0.25, 0.3) is 0 Å². The number of aromatic nitrogens is 1. The van der Waals surface area contributed by atoms with Crippen LogP contribution in [0.15, 0.2) is 18.3 Å². The molecule has 1 aromatic heterocycles. The van der Waals surface area contributed by atoms with Gasteiger partial charge in [-0.1, -0.05) is 0 Å². The number of thioether (sulfide) groups is 1. The predicted molar refractivity (Wildman–Crippen MR) is 55.3 cm³/mol. The van der Waals surface area contributed by atoms with Gasteiger partial charge in [0.15, 0.2) is 0 Å². The molecule has 1 aromatic rings. The number of quaternary nitrogens is 1. The summed E-state index contributed by atoms with van der Waals surface area (Å²) in [6.07, 6.45) is 1.56. The molecule has 0 spiro atoms. The second kappa shape index (κ2) is 3.65. The third kappa shape index (κ3) is 1.85. The number of hydrogen-bond acceptors (Lipinski definition) is 3. The van der Waals surface area contributed by atoms with E-state index in [0.29, 0.717) is 18.9 Å². The van der Waals surface area contributed by atoms with E-state index in [9.17, 15) is 5.21 Å². The molecule has 0 N–H and O–H groups in total. The van der Waals surface area contributed by atoms with Gasteiger partial charge in [-0.3, -0.25) is 0 Å². The predicted octanol–water partition coefficient (Wildman–Crippen LogP) is 1.43. The van der Waals surface area contributed by atoms with Crippen molar-refractivity contribution in [2.24, 2.45) is 0 Å². The zero-order valence-corrected chi connectivity index (χ0v) is 8.09. The molecule has 0 saturated carbocycles. The van der Waals surface area contributed by atoms with Crippen LogP contribution in [0, 0.1) is 11.3 Å². The van der Waals surface area contributed by atoms with E-state index in [2.05, 4.69) is 11.1 Å². The Bertz CT molecular complexity index is 272. The lowest BCUT2D eigenvalue weighted by molar-refractivity contribution is 0.398. The summed E-state index contributed by atoms with van der Waals surface area (Å²) in [6.45, 7) is 1.28. The van der Waals surface area contributed by atoms with Gasteiger partial charge in [-0.15, -0.1) is 0 Å². The number of hydroxylamine groups is 2. The summed E-state index contributed by atoms with van der Waals surface area (Å²) in [5.41, 5.74) is 0. The highest BCUT2D eigenvalue weighted by molar-refractivity contribution is 7.99. The quantitative estimate of drug-likeness (QED) is 0.502. The number of nitrogens with zero attached hydrogens (tertiary/aromatic N) is 2. The Morgan fingerprint density at radius 2 is 2.23 bits per heavy atom. The minimum Gasteiger partial charge on any atom is -0.626 e. The van der Waals surface area contributed by atoms with Crippen LogP contribution in [0.25, 0.3) is 0 Å². The zero-order chi connectivity index (χ0) is 9.15. The van der Waals surface area contributed by atoms with Gasteiger partial charge in [0.1, 0.15) is 0 Å². The fourth-order valence-corrected chi connectivity index (χ4v) is 2.47. The van der Waals surface area contributed by atoms with Crippen LogP contribution in [0.2, 0.25) is 0 Å². The van der Waals surface area contributed by atoms with Crippen molar-refractivity contribution in [1.29, 1.82) is 0 Å². The van der Waals surface area contributed by atoms with Crippen molar-refractivity contribution in [1.82, 2.24) is 9.63 Å². The van der Waals surface area contributed by atoms with Crippen LogP contribution in [-0.4, -0.2) is 29.6 Å². The smallest absolute Gasteiger partial charge is 0.227 e. The Hall–Kier alpha value is -0.580. The van der Waals surface area contributed by atoms with Gasteiger partial charge >= 0.3 is 0 Å². The molecule has 1 aliphatic heterocycles. The number of hydrogen-bond donors (Lipinski definition) is 0. The van der Waals surface area contributed by atoms with Crippen LogP contribution in [-0.2, 0) is 0 Å². The maximum atomic E-state index is 12.2. The second-order valence-corrected chi connectivity index (χ2v) is 4.29. The van der Waals surface area contributed by atoms with Crippen molar-refractivity contribution in [2.45, 2.75) is 0 Å². The molecule has 0 amide bonds. The molecule has 0 bridgehead atoms. The average molecular weight is 195 g/mol. The molecule has 1 aliphatic rings. The lowest BCUT2D eigenvalue weighted by Crippen LogP contribution is -2.49. The van der Waals surface area contributed by atoms with Crippen LogP contribution >= 0.6 is 11.8 Å². The molecule has 13 heavy (non-hydrogen) atoms. The van der Waals surface area contributed by atoms with E-state index in [1.165, 1.54) is 0 Å². The SMILES string of the molecule is [O-][N+]1(c2cc[c]cn2)CCSCC1. The van der Waals surface area contributed by atoms with E-state index in [-0.39, 0.29) is 4.65 Å². The van der Waals surface area contributed by atoms with Crippen LogP contribution in [0.5, 0.6) is 0 Å². The van der Waals surface area contributed by atoms with Gasteiger partial charge in [-0.25, -0.2) is 4.98 Å². The van der Waals surface area contributed by atoms with Gasteiger partial charge in [0.05, 0.1) is 13.1 Å². The average Bonchev–Trinajstić information content (AvgIpc) is 2.20. The van der Waals surface area contributed by atoms with Crippen LogP contribution < -0.4 is 4.65 Å². The van der Waals surface area contributed by atoms with Crippen molar-refractivity contribution in [3.05, 3.63) is 29.6 Å². The Morgan fingerprint density at radius 3 is 2.85 bits per heavy atom. The van der Waals surface area contributed by atoms with Gasteiger partial charge in [-0.2, -0.15) is 11.8 Å². The van der Waals surface area contributed by atoms with E-state index in [1.54, 1.807) is 18.3 Å². The van der Waals surface area contributed by atoms with Crippen molar-refractivity contribution in [2.75, 3.05) is 24.6 Å². The minimum atomic E-state index is -0.262. The molecule has 0 atom stereocenters. The number of rotatable bonds is 1. The molecule has 0 aromatic carbocycles. The molecule has 1 saturated heterocycles. The van der Waals surface area contributed by atoms with Crippen LogP contribution in [0.4, 0.5) is 5.82 Å². The normalized spacial score (nSPS) is 21.3. The van der Waals surface area contributed by atoms with Crippen molar-refractivity contribution >= 4 is 17.6 Å². The monoisotopic (exact) mass is 195 g/mol. The Balaban J connectivity index is 2.23. The zero-order valence-electron chi connectivity index (χ0n) is 7.27. The van der Waals surface area contributed by atoms with Crippen molar-refractivity contribution < 1.29 is 0 Å². The molecule has 2 heterocycles. The second-order valence-electron chi connectivity index (χ2n) is 3.07. The topological polar surface area (TPSA) is 36.0 Å². The highest BCUT2D eigenvalue weighted by Gasteiger charge is 2.24. The summed E-state index contributed by atoms with van der Waals surface area (Å²) in [6, 6.07) is 6.34. The maximum absolute atomic E-state index is 12.2. The molecule has 2 rings (SSSR count). The first kappa shape index (κ1) is 8.99. The lowest BCUT2D eigenvalue weighted by Gasteiger charge is -2.43. The molecule has 0 aliphatic carbocycles. The summed E-state index contributed by atoms with van der Waals surface area (Å²) in [7, 11) is 0. The molecule has 3 nitrogen and oxygen atoms in total.